The van der Waals surface area contributed by atoms with Crippen molar-refractivity contribution < 1.29 is 23.9 Å². The molecule has 0 fully saturated rings. The predicted octanol–water partition coefficient (Wildman–Crippen LogP) is 6.92. The summed E-state index contributed by atoms with van der Waals surface area (Å²) in [6.07, 6.45) is 17.3. The van der Waals surface area contributed by atoms with E-state index in [0.717, 1.165) is 19.3 Å². The maximum atomic E-state index is 10.8. The van der Waals surface area contributed by atoms with E-state index < -0.39 is 7.82 Å². The molecule has 0 heterocycles. The summed E-state index contributed by atoms with van der Waals surface area (Å²) in [6.45, 7) is 8.22. The Labute approximate surface area is 161 Å². The summed E-state index contributed by atoms with van der Waals surface area (Å²) in [5, 5.41) is 0. The van der Waals surface area contributed by atoms with Crippen LogP contribution in [-0.4, -0.2) is 15.9 Å². The number of rotatable bonds is 17. The fraction of sp³-hybridized carbons (Fsp3) is 1.00. The summed E-state index contributed by atoms with van der Waals surface area (Å²) in [5.74, 6) is 0. The van der Waals surface area contributed by atoms with Crippen LogP contribution in [0.2, 0.25) is 0 Å². The molecule has 26 heavy (non-hydrogen) atoms. The molecular weight excluding hydrogens is 351 g/mol. The Morgan fingerprint density at radius 2 is 1.15 bits per heavy atom. The van der Waals surface area contributed by atoms with Crippen LogP contribution in [0.3, 0.4) is 0 Å². The van der Waals surface area contributed by atoms with Gasteiger partial charge in [0.1, 0.15) is 0 Å². The van der Waals surface area contributed by atoms with Gasteiger partial charge in [0.25, 0.3) is 0 Å². The van der Waals surface area contributed by atoms with E-state index in [9.17, 15) is 4.57 Å². The lowest BCUT2D eigenvalue weighted by molar-refractivity contribution is -0.281. The largest absolute Gasteiger partial charge is 0.496 e. The Hall–Kier alpha value is 0.0700. The normalized spacial score (nSPS) is 13.9. The molecule has 0 aliphatic rings. The van der Waals surface area contributed by atoms with Gasteiger partial charge in [0.2, 0.25) is 0 Å². The van der Waals surface area contributed by atoms with Gasteiger partial charge in [-0.3, -0.25) is 0 Å². The highest BCUT2D eigenvalue weighted by Gasteiger charge is 2.29. The topological polar surface area (TPSA) is 76.0 Å². The molecule has 0 radical (unpaired) electrons. The second-order valence-corrected chi connectivity index (χ2v) is 9.68. The van der Waals surface area contributed by atoms with Crippen molar-refractivity contribution in [3.8, 4) is 0 Å². The van der Waals surface area contributed by atoms with Gasteiger partial charge in [0.05, 0.1) is 6.10 Å². The lowest BCUT2D eigenvalue weighted by Crippen LogP contribution is -2.29. The zero-order valence-electron chi connectivity index (χ0n) is 17.5. The van der Waals surface area contributed by atoms with Crippen molar-refractivity contribution in [1.82, 2.24) is 0 Å². The summed E-state index contributed by atoms with van der Waals surface area (Å²) >= 11 is 0. The van der Waals surface area contributed by atoms with Crippen LogP contribution in [0.4, 0.5) is 0 Å². The molecular formula is C20H43O5P. The highest BCUT2D eigenvalue weighted by molar-refractivity contribution is 7.46. The molecule has 6 heteroatoms. The molecule has 0 aromatic heterocycles. The van der Waals surface area contributed by atoms with Crippen molar-refractivity contribution in [2.75, 3.05) is 0 Å². The van der Waals surface area contributed by atoms with Crippen LogP contribution in [0, 0.1) is 5.41 Å². The maximum Gasteiger partial charge on any atom is 0.496 e. The van der Waals surface area contributed by atoms with E-state index in [1.165, 1.54) is 70.6 Å². The average molecular weight is 395 g/mol. The van der Waals surface area contributed by atoms with Crippen LogP contribution in [0.25, 0.3) is 0 Å². The molecule has 0 spiro atoms. The average Bonchev–Trinajstić information content (AvgIpc) is 2.52. The van der Waals surface area contributed by atoms with Crippen molar-refractivity contribution in [3.05, 3.63) is 0 Å². The van der Waals surface area contributed by atoms with Crippen molar-refractivity contribution in [2.45, 2.75) is 124 Å². The van der Waals surface area contributed by atoms with E-state index in [4.69, 9.17) is 14.7 Å². The lowest BCUT2D eigenvalue weighted by Gasteiger charge is -2.29. The summed E-state index contributed by atoms with van der Waals surface area (Å²) in [7, 11) is -4.58. The Morgan fingerprint density at radius 1 is 0.769 bits per heavy atom. The zero-order chi connectivity index (χ0) is 19.9. The molecule has 0 aromatic rings. The van der Waals surface area contributed by atoms with Crippen molar-refractivity contribution in [1.29, 1.82) is 0 Å². The Kier molecular flexibility index (Phi) is 15.1. The van der Waals surface area contributed by atoms with Gasteiger partial charge in [0.15, 0.2) is 0 Å². The fourth-order valence-electron chi connectivity index (χ4n) is 3.08. The van der Waals surface area contributed by atoms with Crippen molar-refractivity contribution in [3.63, 3.8) is 0 Å². The molecule has 1 unspecified atom stereocenters. The first kappa shape index (κ1) is 26.1. The van der Waals surface area contributed by atoms with E-state index in [-0.39, 0.29) is 11.5 Å². The van der Waals surface area contributed by atoms with Gasteiger partial charge in [-0.1, -0.05) is 111 Å². The minimum Gasteiger partial charge on any atom is -0.301 e. The van der Waals surface area contributed by atoms with E-state index in [0.29, 0.717) is 0 Å². The van der Waals surface area contributed by atoms with Crippen molar-refractivity contribution >= 4 is 7.82 Å². The maximum absolute atomic E-state index is 10.8. The van der Waals surface area contributed by atoms with Gasteiger partial charge in [0, 0.05) is 0 Å². The molecule has 1 atom stereocenters. The molecule has 0 bridgehead atoms. The lowest BCUT2D eigenvalue weighted by atomic mass is 9.86. The summed E-state index contributed by atoms with van der Waals surface area (Å²) in [6, 6.07) is 0. The molecule has 0 saturated heterocycles. The predicted molar refractivity (Wildman–Crippen MR) is 108 cm³/mol. The molecule has 0 aliphatic carbocycles. The molecule has 5 nitrogen and oxygen atoms in total. The second-order valence-electron chi connectivity index (χ2n) is 8.55. The van der Waals surface area contributed by atoms with Gasteiger partial charge in [-0.2, -0.15) is 0 Å². The molecule has 0 saturated carbocycles. The highest BCUT2D eigenvalue weighted by Crippen LogP contribution is 2.39. The van der Waals surface area contributed by atoms with E-state index in [1.807, 2.05) is 20.8 Å². The number of unbranched alkanes of at least 4 members (excludes halogenated alkanes) is 12. The summed E-state index contributed by atoms with van der Waals surface area (Å²) in [5.41, 5.74) is -0.216. The third-order valence-corrected chi connectivity index (χ3v) is 5.07. The van der Waals surface area contributed by atoms with Crippen LogP contribution >= 0.6 is 7.82 Å². The van der Waals surface area contributed by atoms with Crippen LogP contribution in [0.5, 0.6) is 0 Å². The van der Waals surface area contributed by atoms with E-state index in [1.54, 1.807) is 0 Å². The standard InChI is InChI=1S/C20H43O5P/c1-5-6-7-8-9-10-11-12-13-14-15-16-17-18-19(20(2,3)4)24-25-26(21,22)23/h19H,5-18H2,1-4H3,(H2,21,22,23). The summed E-state index contributed by atoms with van der Waals surface area (Å²) < 4.78 is 15.0. The zero-order valence-corrected chi connectivity index (χ0v) is 18.4. The second kappa shape index (κ2) is 15.0. The minimum absolute atomic E-state index is 0.216. The molecule has 0 rings (SSSR count). The first-order valence-electron chi connectivity index (χ1n) is 10.6. The van der Waals surface area contributed by atoms with E-state index >= 15 is 0 Å². The van der Waals surface area contributed by atoms with Gasteiger partial charge >= 0.3 is 7.82 Å². The third-order valence-electron chi connectivity index (χ3n) is 4.79. The molecule has 158 valence electrons. The number of hydrogen-bond donors (Lipinski definition) is 2. The highest BCUT2D eigenvalue weighted by atomic mass is 31.2. The number of hydrogen-bond acceptors (Lipinski definition) is 3. The minimum atomic E-state index is -4.58. The third kappa shape index (κ3) is 17.5. The molecule has 0 amide bonds. The quantitative estimate of drug-likeness (QED) is 0.121. The monoisotopic (exact) mass is 394 g/mol. The van der Waals surface area contributed by atoms with Gasteiger partial charge in [-0.25, -0.2) is 9.45 Å². The van der Waals surface area contributed by atoms with Gasteiger partial charge in [-0.15, -0.1) is 4.67 Å². The van der Waals surface area contributed by atoms with Crippen LogP contribution in [0.15, 0.2) is 0 Å². The van der Waals surface area contributed by atoms with Crippen LogP contribution in [0.1, 0.15) is 118 Å². The molecule has 2 N–H and O–H groups in total. The molecule has 0 aliphatic heterocycles. The number of phosphoric acid groups is 1. The van der Waals surface area contributed by atoms with Crippen LogP contribution < -0.4 is 0 Å². The SMILES string of the molecule is CCCCCCCCCCCCCCCC(OOP(=O)(O)O)C(C)(C)C. The Bertz CT molecular complexity index is 362. The Balaban J connectivity index is 3.60. The summed E-state index contributed by atoms with van der Waals surface area (Å²) in [4.78, 5) is 22.6. The van der Waals surface area contributed by atoms with Crippen molar-refractivity contribution in [2.24, 2.45) is 5.41 Å². The van der Waals surface area contributed by atoms with Crippen LogP contribution in [-0.2, 0) is 14.1 Å². The van der Waals surface area contributed by atoms with Gasteiger partial charge in [-0.05, 0) is 11.8 Å². The first-order chi connectivity index (χ1) is 12.2. The molecule has 0 aromatic carbocycles. The van der Waals surface area contributed by atoms with E-state index in [2.05, 4.69) is 11.6 Å². The Morgan fingerprint density at radius 3 is 1.50 bits per heavy atom. The van der Waals surface area contributed by atoms with Gasteiger partial charge < -0.3 is 9.79 Å². The first-order valence-corrected chi connectivity index (χ1v) is 12.1. The fourth-order valence-corrected chi connectivity index (χ4v) is 3.30. The smallest absolute Gasteiger partial charge is 0.301 e.